The Morgan fingerprint density at radius 2 is 1.64 bits per heavy atom. The van der Waals surface area contributed by atoms with Crippen molar-refractivity contribution in [3.63, 3.8) is 0 Å². The number of piperazine rings is 1. The fraction of sp³-hybridized carbons (Fsp3) is 0.720. The predicted molar refractivity (Wildman–Crippen MR) is 120 cm³/mol. The third-order valence-electron chi connectivity index (χ3n) is 6.68. The maximum Gasteiger partial charge on any atom is 0.159 e. The number of Topliss-reactive ketones (excluding diaryl/α,β-unsaturated/α-hetero) is 1. The Labute approximate surface area is 172 Å². The minimum absolute atomic E-state index is 0.168. The van der Waals surface area contributed by atoms with E-state index >= 15 is 0 Å². The summed E-state index contributed by atoms with van der Waals surface area (Å²) >= 11 is 0. The highest BCUT2D eigenvalue weighted by Crippen LogP contribution is 2.53. The summed E-state index contributed by atoms with van der Waals surface area (Å²) in [5.74, 6) is 0.741. The minimum Gasteiger partial charge on any atom is -0.369 e. The van der Waals surface area contributed by atoms with Gasteiger partial charge in [0.15, 0.2) is 5.78 Å². The highest BCUT2D eigenvalue weighted by Gasteiger charge is 2.40. The van der Waals surface area contributed by atoms with E-state index in [0.717, 1.165) is 31.7 Å². The molecule has 0 N–H and O–H groups in total. The molecule has 1 aromatic rings. The summed E-state index contributed by atoms with van der Waals surface area (Å²) in [6, 6.07) is 6.51. The summed E-state index contributed by atoms with van der Waals surface area (Å²) in [7, 11) is 0. The van der Waals surface area contributed by atoms with E-state index in [1.807, 2.05) is 0 Å². The molecule has 0 aromatic heterocycles. The number of carbonyl (C=O) groups excluding carboxylic acids is 1. The average Bonchev–Trinajstić information content (AvgIpc) is 2.59. The molecule has 2 aliphatic rings. The van der Waals surface area contributed by atoms with Gasteiger partial charge in [-0.2, -0.15) is 0 Å². The molecule has 0 radical (unpaired) electrons. The summed E-state index contributed by atoms with van der Waals surface area (Å²) in [5.41, 5.74) is 4.37. The molecule has 28 heavy (non-hydrogen) atoms. The maximum absolute atomic E-state index is 12.1. The lowest BCUT2D eigenvalue weighted by Gasteiger charge is -2.46. The van der Waals surface area contributed by atoms with Crippen LogP contribution in [0.15, 0.2) is 18.2 Å². The molecule has 2 fully saturated rings. The summed E-state index contributed by atoms with van der Waals surface area (Å²) in [6.45, 7) is 19.2. The van der Waals surface area contributed by atoms with E-state index in [-0.39, 0.29) is 5.78 Å². The second-order valence-electron chi connectivity index (χ2n) is 10.8. The van der Waals surface area contributed by atoms with Gasteiger partial charge < -0.3 is 4.90 Å². The minimum atomic E-state index is 0.168. The van der Waals surface area contributed by atoms with Crippen LogP contribution >= 0.6 is 0 Å². The molecule has 1 saturated heterocycles. The Hall–Kier alpha value is -1.35. The zero-order valence-electron chi connectivity index (χ0n) is 19.0. The molecule has 0 amide bonds. The zero-order chi connectivity index (χ0) is 20.5. The fourth-order valence-corrected chi connectivity index (χ4v) is 5.98. The first-order chi connectivity index (χ1) is 13.1. The van der Waals surface area contributed by atoms with Crippen LogP contribution in [0.1, 0.15) is 89.1 Å². The zero-order valence-corrected chi connectivity index (χ0v) is 19.0. The summed E-state index contributed by atoms with van der Waals surface area (Å²) in [4.78, 5) is 17.2. The van der Waals surface area contributed by atoms with Gasteiger partial charge in [0, 0.05) is 37.4 Å². The van der Waals surface area contributed by atoms with Crippen molar-refractivity contribution in [1.29, 1.82) is 0 Å². The second kappa shape index (κ2) is 8.18. The van der Waals surface area contributed by atoms with Crippen molar-refractivity contribution in [3.8, 4) is 0 Å². The van der Waals surface area contributed by atoms with E-state index in [1.165, 1.54) is 43.5 Å². The van der Waals surface area contributed by atoms with Gasteiger partial charge in [0.05, 0.1) is 0 Å². The number of anilines is 1. The monoisotopic (exact) mass is 384 g/mol. The third kappa shape index (κ3) is 4.97. The molecule has 156 valence electrons. The van der Waals surface area contributed by atoms with E-state index in [9.17, 15) is 4.79 Å². The van der Waals surface area contributed by atoms with E-state index in [1.54, 1.807) is 6.92 Å². The molecule has 1 aliphatic heterocycles. The van der Waals surface area contributed by atoms with Crippen molar-refractivity contribution in [3.05, 3.63) is 29.3 Å². The van der Waals surface area contributed by atoms with Crippen LogP contribution in [0, 0.1) is 10.8 Å². The SMILES string of the molecule is CCCN1CCN(c2cc(C(C)=O)ccc2C2CC(C)(C)CC(C)(C)C2)CC1. The largest absolute Gasteiger partial charge is 0.369 e. The topological polar surface area (TPSA) is 23.6 Å². The molecular formula is C25H40N2O. The van der Waals surface area contributed by atoms with Crippen molar-refractivity contribution >= 4 is 11.5 Å². The normalized spacial score (nSPS) is 23.0. The van der Waals surface area contributed by atoms with Crippen molar-refractivity contribution < 1.29 is 4.79 Å². The summed E-state index contributed by atoms with van der Waals surface area (Å²) < 4.78 is 0. The maximum atomic E-state index is 12.1. The molecule has 1 saturated carbocycles. The van der Waals surface area contributed by atoms with Crippen LogP contribution in [-0.2, 0) is 0 Å². The molecule has 0 atom stereocenters. The average molecular weight is 385 g/mol. The molecule has 1 heterocycles. The first-order valence-electron chi connectivity index (χ1n) is 11.2. The fourth-order valence-electron chi connectivity index (χ4n) is 5.98. The van der Waals surface area contributed by atoms with Crippen LogP contribution in [0.25, 0.3) is 0 Å². The Morgan fingerprint density at radius 1 is 1.04 bits per heavy atom. The van der Waals surface area contributed by atoms with Crippen LogP contribution < -0.4 is 4.90 Å². The van der Waals surface area contributed by atoms with Crippen LogP contribution in [-0.4, -0.2) is 43.4 Å². The molecule has 0 unspecified atom stereocenters. The lowest BCUT2D eigenvalue weighted by Crippen LogP contribution is -2.47. The van der Waals surface area contributed by atoms with Crippen molar-refractivity contribution in [1.82, 2.24) is 4.90 Å². The van der Waals surface area contributed by atoms with Crippen LogP contribution in [0.4, 0.5) is 5.69 Å². The lowest BCUT2D eigenvalue weighted by atomic mass is 9.60. The quantitative estimate of drug-likeness (QED) is 0.605. The van der Waals surface area contributed by atoms with Gasteiger partial charge in [0.2, 0.25) is 0 Å². The second-order valence-corrected chi connectivity index (χ2v) is 10.8. The predicted octanol–water partition coefficient (Wildman–Crippen LogP) is 5.74. The summed E-state index contributed by atoms with van der Waals surface area (Å²) in [6.07, 6.45) is 4.97. The van der Waals surface area contributed by atoms with Gasteiger partial charge in [-0.25, -0.2) is 0 Å². The van der Waals surface area contributed by atoms with Crippen LogP contribution in [0.5, 0.6) is 0 Å². The van der Waals surface area contributed by atoms with E-state index in [0.29, 0.717) is 16.7 Å². The standard InChI is InChI=1S/C25H40N2O/c1-7-10-26-11-13-27(14-12-26)23-15-20(19(2)28)8-9-22(23)21-16-24(3,4)18-25(5,6)17-21/h8-9,15,21H,7,10-14,16-18H2,1-6H3. The molecule has 0 spiro atoms. The van der Waals surface area contributed by atoms with Gasteiger partial charge in [-0.3, -0.25) is 9.69 Å². The molecule has 1 aromatic carbocycles. The van der Waals surface area contributed by atoms with Gasteiger partial charge in [0.1, 0.15) is 0 Å². The highest BCUT2D eigenvalue weighted by molar-refractivity contribution is 5.95. The Morgan fingerprint density at radius 3 is 2.18 bits per heavy atom. The Kier molecular flexibility index (Phi) is 6.24. The molecule has 3 nitrogen and oxygen atoms in total. The van der Waals surface area contributed by atoms with Gasteiger partial charge in [-0.05, 0) is 67.5 Å². The Bertz CT molecular complexity index is 682. The van der Waals surface area contributed by atoms with Crippen molar-refractivity contribution in [2.45, 2.75) is 73.1 Å². The number of hydrogen-bond donors (Lipinski definition) is 0. The van der Waals surface area contributed by atoms with Gasteiger partial charge in [0.25, 0.3) is 0 Å². The van der Waals surface area contributed by atoms with Gasteiger partial charge >= 0.3 is 0 Å². The smallest absolute Gasteiger partial charge is 0.159 e. The first kappa shape index (κ1) is 21.4. The van der Waals surface area contributed by atoms with Gasteiger partial charge in [-0.1, -0.05) is 46.8 Å². The highest BCUT2D eigenvalue weighted by atomic mass is 16.1. The number of benzene rings is 1. The number of carbonyl (C=O) groups is 1. The molecule has 1 aliphatic carbocycles. The number of ketones is 1. The number of rotatable bonds is 5. The van der Waals surface area contributed by atoms with Gasteiger partial charge in [-0.15, -0.1) is 0 Å². The lowest BCUT2D eigenvalue weighted by molar-refractivity contribution is 0.0967. The third-order valence-corrected chi connectivity index (χ3v) is 6.68. The van der Waals surface area contributed by atoms with E-state index in [4.69, 9.17) is 0 Å². The number of hydrogen-bond acceptors (Lipinski definition) is 3. The molecule has 0 bridgehead atoms. The molecule has 3 heteroatoms. The Balaban J connectivity index is 1.92. The van der Waals surface area contributed by atoms with Crippen LogP contribution in [0.3, 0.4) is 0 Å². The van der Waals surface area contributed by atoms with E-state index < -0.39 is 0 Å². The summed E-state index contributed by atoms with van der Waals surface area (Å²) in [5, 5.41) is 0. The number of nitrogens with zero attached hydrogens (tertiary/aromatic N) is 2. The van der Waals surface area contributed by atoms with Crippen molar-refractivity contribution in [2.24, 2.45) is 10.8 Å². The first-order valence-corrected chi connectivity index (χ1v) is 11.2. The van der Waals surface area contributed by atoms with E-state index in [2.05, 4.69) is 62.6 Å². The van der Waals surface area contributed by atoms with Crippen LogP contribution in [0.2, 0.25) is 0 Å². The van der Waals surface area contributed by atoms with Crippen molar-refractivity contribution in [2.75, 3.05) is 37.6 Å². The molecular weight excluding hydrogens is 344 g/mol. The molecule has 3 rings (SSSR count).